The molecule has 0 amide bonds. The highest BCUT2D eigenvalue weighted by atomic mass is 32.2. The average molecular weight is 440 g/mol. The number of allylic oxidation sites excluding steroid dienone is 2. The molecule has 1 saturated heterocycles. The van der Waals surface area contributed by atoms with Crippen molar-refractivity contribution in [3.8, 4) is 12.3 Å². The van der Waals surface area contributed by atoms with Gasteiger partial charge in [0.05, 0.1) is 33.1 Å². The molecule has 1 fully saturated rings. The zero-order valence-electron chi connectivity index (χ0n) is 18.9. The highest BCUT2D eigenvalue weighted by Crippen LogP contribution is 2.38. The van der Waals surface area contributed by atoms with Gasteiger partial charge in [-0.2, -0.15) is 0 Å². The number of aliphatic imine (C=N–C) groups is 1. The largest absolute Gasteiger partial charge is 0.464 e. The Morgan fingerprint density at radius 2 is 1.76 bits per heavy atom. The molecular weight excluding hydrogens is 407 g/mol. The van der Waals surface area contributed by atoms with Crippen molar-refractivity contribution in [1.29, 1.82) is 0 Å². The first-order valence-corrected chi connectivity index (χ1v) is 10.5. The summed E-state index contributed by atoms with van der Waals surface area (Å²) in [6.45, 7) is 14.9. The lowest BCUT2D eigenvalue weighted by Gasteiger charge is -2.36. The molecule has 162 valence electrons. The summed E-state index contributed by atoms with van der Waals surface area (Å²) in [5.41, 5.74) is -1.70. The smallest absolute Gasteiger partial charge is 0.403 e. The van der Waals surface area contributed by atoms with E-state index >= 15 is 0 Å². The number of aliphatic hydroxyl groups is 1. The molecule has 0 unspecified atom stereocenters. The minimum Gasteiger partial charge on any atom is -0.403 e. The molecular formula is C20H33BN2O4S2. The lowest BCUT2D eigenvalue weighted by atomic mass is 9.80. The Labute approximate surface area is 185 Å². The van der Waals surface area contributed by atoms with E-state index in [1.54, 1.807) is 40.8 Å². The highest BCUT2D eigenvalue weighted by molar-refractivity contribution is 7.99. The van der Waals surface area contributed by atoms with Crippen molar-refractivity contribution >= 4 is 43.4 Å². The van der Waals surface area contributed by atoms with Gasteiger partial charge < -0.3 is 18.6 Å². The highest BCUT2D eigenvalue weighted by Gasteiger charge is 2.51. The Morgan fingerprint density at radius 1 is 1.24 bits per heavy atom. The molecule has 9 heteroatoms. The maximum absolute atomic E-state index is 10.3. The molecule has 0 aromatic carbocycles. The van der Waals surface area contributed by atoms with Crippen molar-refractivity contribution in [2.24, 2.45) is 9.39 Å². The molecule has 0 atom stereocenters. The lowest BCUT2D eigenvalue weighted by Crippen LogP contribution is -2.46. The van der Waals surface area contributed by atoms with Gasteiger partial charge in [0.2, 0.25) is 0 Å². The van der Waals surface area contributed by atoms with Gasteiger partial charge in [-0.05, 0) is 68.2 Å². The third-order valence-corrected chi connectivity index (χ3v) is 6.77. The van der Waals surface area contributed by atoms with Crippen molar-refractivity contribution in [2.45, 2.75) is 84.1 Å². The number of nitrogens with zero attached hydrogens (tertiary/aromatic N) is 2. The minimum atomic E-state index is -1.06. The summed E-state index contributed by atoms with van der Waals surface area (Å²) < 4.78 is 22.1. The van der Waals surface area contributed by atoms with Crippen LogP contribution in [0.2, 0.25) is 6.32 Å². The van der Waals surface area contributed by atoms with Crippen LogP contribution in [-0.2, 0) is 13.5 Å². The van der Waals surface area contributed by atoms with Gasteiger partial charge in [0, 0.05) is 31.5 Å². The van der Waals surface area contributed by atoms with E-state index in [-0.39, 0.29) is 0 Å². The molecule has 29 heavy (non-hydrogen) atoms. The summed E-state index contributed by atoms with van der Waals surface area (Å²) in [5, 5.41) is 10.3. The number of thiol groups is 1. The van der Waals surface area contributed by atoms with Gasteiger partial charge in [0.15, 0.2) is 0 Å². The van der Waals surface area contributed by atoms with Gasteiger partial charge in [-0.25, -0.2) is 4.40 Å². The van der Waals surface area contributed by atoms with Crippen LogP contribution in [0.3, 0.4) is 0 Å². The molecule has 0 radical (unpaired) electrons. The van der Waals surface area contributed by atoms with Crippen molar-refractivity contribution in [1.82, 2.24) is 0 Å². The Bertz CT molecular complexity index is 716. The summed E-state index contributed by atoms with van der Waals surface area (Å²) in [6.07, 6.45) is 7.42. The summed E-state index contributed by atoms with van der Waals surface area (Å²) in [6, 6.07) is 0. The summed E-state index contributed by atoms with van der Waals surface area (Å²) >= 11 is 5.17. The second-order valence-corrected chi connectivity index (χ2v) is 9.89. The van der Waals surface area contributed by atoms with Gasteiger partial charge in [-0.15, -0.1) is 6.42 Å². The molecule has 0 aliphatic carbocycles. The molecule has 0 aromatic heterocycles. The standard InChI is InChI=1S/C20H33BN2O4S2/c1-11-12-15(29-27-18(4,5)17(2,3)24)16(22-10)14(23-28)13-21-25-19(6,7)20(8,9)26-21/h1,12,24,28H,13H2,2-10H3/b15-12+,22-16?,23-14?. The Hall–Kier alpha value is -0.755. The van der Waals surface area contributed by atoms with Gasteiger partial charge in [-0.3, -0.25) is 4.99 Å². The Morgan fingerprint density at radius 3 is 2.14 bits per heavy atom. The van der Waals surface area contributed by atoms with E-state index in [2.05, 4.69) is 28.1 Å². The van der Waals surface area contributed by atoms with Gasteiger partial charge in [-0.1, -0.05) is 5.92 Å². The monoisotopic (exact) mass is 440 g/mol. The van der Waals surface area contributed by atoms with Crippen LogP contribution in [0, 0.1) is 12.3 Å². The van der Waals surface area contributed by atoms with E-state index in [0.29, 0.717) is 22.6 Å². The van der Waals surface area contributed by atoms with Crippen LogP contribution in [0.5, 0.6) is 0 Å². The summed E-state index contributed by atoms with van der Waals surface area (Å²) in [4.78, 5) is 4.93. The predicted molar refractivity (Wildman–Crippen MR) is 127 cm³/mol. The quantitative estimate of drug-likeness (QED) is 0.195. The molecule has 6 nitrogen and oxygen atoms in total. The second kappa shape index (κ2) is 9.59. The molecule has 1 aliphatic heterocycles. The normalized spacial score (nSPS) is 20.8. The Balaban J connectivity index is 3.04. The molecule has 0 saturated carbocycles. The van der Waals surface area contributed by atoms with Gasteiger partial charge in [0.1, 0.15) is 5.60 Å². The van der Waals surface area contributed by atoms with Crippen LogP contribution >= 0.6 is 24.9 Å². The van der Waals surface area contributed by atoms with Crippen LogP contribution in [0.25, 0.3) is 0 Å². The first-order valence-electron chi connectivity index (χ1n) is 9.40. The summed E-state index contributed by atoms with van der Waals surface area (Å²) in [5.74, 6) is 2.51. The molecule has 1 N–H and O–H groups in total. The van der Waals surface area contributed by atoms with Crippen molar-refractivity contribution in [2.75, 3.05) is 7.05 Å². The Kier molecular flexibility index (Phi) is 8.69. The zero-order chi connectivity index (χ0) is 22.7. The van der Waals surface area contributed by atoms with E-state index in [0.717, 1.165) is 12.0 Å². The predicted octanol–water partition coefficient (Wildman–Crippen LogP) is 4.17. The van der Waals surface area contributed by atoms with Crippen LogP contribution in [0.1, 0.15) is 55.4 Å². The van der Waals surface area contributed by atoms with Gasteiger partial charge in [0.25, 0.3) is 0 Å². The van der Waals surface area contributed by atoms with E-state index < -0.39 is 29.5 Å². The maximum atomic E-state index is 10.3. The number of hydrogen-bond donors (Lipinski definition) is 2. The first kappa shape index (κ1) is 26.3. The molecule has 0 aromatic rings. The molecule has 0 spiro atoms. The van der Waals surface area contributed by atoms with E-state index in [4.69, 9.17) is 19.9 Å². The first-order chi connectivity index (χ1) is 13.1. The third-order valence-electron chi connectivity index (χ3n) is 5.54. The number of terminal acetylenes is 1. The van der Waals surface area contributed by atoms with E-state index in [1.807, 2.05) is 27.7 Å². The van der Waals surface area contributed by atoms with E-state index in [1.165, 1.54) is 0 Å². The zero-order valence-corrected chi connectivity index (χ0v) is 20.6. The van der Waals surface area contributed by atoms with Crippen molar-refractivity contribution in [3.63, 3.8) is 0 Å². The van der Waals surface area contributed by atoms with Crippen LogP contribution in [-0.4, -0.2) is 53.1 Å². The third kappa shape index (κ3) is 6.36. The SMILES string of the molecule is C#C/C=C(/SOC(C)(C)C(C)(C)O)C(=NC)C(CB1OC(C)(C)C(C)(C)O1)=NS. The van der Waals surface area contributed by atoms with Crippen LogP contribution < -0.4 is 0 Å². The van der Waals surface area contributed by atoms with Crippen molar-refractivity contribution in [3.05, 3.63) is 11.0 Å². The molecule has 0 bridgehead atoms. The summed E-state index contributed by atoms with van der Waals surface area (Å²) in [7, 11) is 1.15. The fraction of sp³-hybridized carbons (Fsp3) is 0.700. The maximum Gasteiger partial charge on any atom is 0.464 e. The topological polar surface area (TPSA) is 72.6 Å². The van der Waals surface area contributed by atoms with Crippen LogP contribution in [0.4, 0.5) is 0 Å². The van der Waals surface area contributed by atoms with Gasteiger partial charge >= 0.3 is 7.12 Å². The second-order valence-electron chi connectivity index (χ2n) is 8.92. The molecule has 1 heterocycles. The fourth-order valence-electron chi connectivity index (χ4n) is 2.23. The molecule has 1 rings (SSSR count). The lowest BCUT2D eigenvalue weighted by molar-refractivity contribution is -0.0809. The average Bonchev–Trinajstić information content (AvgIpc) is 2.77. The minimum absolute atomic E-state index is 0.348. The fourth-order valence-corrected chi connectivity index (χ4v) is 3.31. The number of hydrogen-bond acceptors (Lipinski definition) is 8. The number of rotatable bonds is 8. The van der Waals surface area contributed by atoms with E-state index in [9.17, 15) is 5.11 Å². The van der Waals surface area contributed by atoms with Crippen molar-refractivity contribution < 1.29 is 18.6 Å². The van der Waals surface area contributed by atoms with Crippen LogP contribution in [0.15, 0.2) is 20.4 Å². The molecule has 1 aliphatic rings.